The van der Waals surface area contributed by atoms with Crippen LogP contribution in [0.5, 0.6) is 0 Å². The van der Waals surface area contributed by atoms with Gasteiger partial charge in [0.2, 0.25) is 0 Å². The average molecular weight is 177 g/mol. The maximum atomic E-state index is 4.46. The van der Waals surface area contributed by atoms with Crippen LogP contribution < -0.4 is 5.32 Å². The van der Waals surface area contributed by atoms with Gasteiger partial charge < -0.3 is 5.32 Å². The van der Waals surface area contributed by atoms with E-state index in [1.165, 1.54) is 6.42 Å². The minimum atomic E-state index is 0.526. The Morgan fingerprint density at radius 1 is 1.31 bits per heavy atom. The average Bonchev–Trinajstić information content (AvgIpc) is 2.53. The van der Waals surface area contributed by atoms with Crippen molar-refractivity contribution in [1.29, 1.82) is 0 Å². The number of nitrogens with one attached hydrogen (secondary N) is 1. The number of aromatic nitrogens is 2. The monoisotopic (exact) mass is 177 g/mol. The van der Waals surface area contributed by atoms with Crippen molar-refractivity contribution in [2.45, 2.75) is 26.2 Å². The highest BCUT2D eigenvalue weighted by Gasteiger charge is 2.19. The molecule has 3 heteroatoms. The van der Waals surface area contributed by atoms with E-state index in [-0.39, 0.29) is 0 Å². The van der Waals surface area contributed by atoms with Crippen molar-refractivity contribution < 1.29 is 0 Å². The Morgan fingerprint density at radius 3 is 2.54 bits per heavy atom. The third kappa shape index (κ3) is 1.86. The van der Waals surface area contributed by atoms with Gasteiger partial charge in [-0.15, -0.1) is 0 Å². The molecule has 0 saturated carbocycles. The predicted molar refractivity (Wildman–Crippen MR) is 51.7 cm³/mol. The van der Waals surface area contributed by atoms with Gasteiger partial charge in [0.25, 0.3) is 0 Å². The molecule has 13 heavy (non-hydrogen) atoms. The van der Waals surface area contributed by atoms with Gasteiger partial charge in [-0.1, -0.05) is 0 Å². The molecule has 1 aliphatic rings. The third-order valence-corrected chi connectivity index (χ3v) is 2.43. The van der Waals surface area contributed by atoms with Crippen LogP contribution in [0.1, 0.15) is 29.6 Å². The van der Waals surface area contributed by atoms with Gasteiger partial charge in [0, 0.05) is 23.9 Å². The lowest BCUT2D eigenvalue weighted by molar-refractivity contribution is 0.692. The SMILES string of the molecule is Cc1cc(C)nc([C@H]2CCNC2)n1. The predicted octanol–water partition coefficient (Wildman–Crippen LogP) is 1.17. The number of nitrogens with zero attached hydrogens (tertiary/aromatic N) is 2. The van der Waals surface area contributed by atoms with E-state index in [0.29, 0.717) is 5.92 Å². The molecule has 1 aromatic heterocycles. The molecule has 1 saturated heterocycles. The zero-order valence-corrected chi connectivity index (χ0v) is 8.17. The number of hydrogen-bond donors (Lipinski definition) is 1. The summed E-state index contributed by atoms with van der Waals surface area (Å²) in [5.41, 5.74) is 2.16. The van der Waals surface area contributed by atoms with E-state index >= 15 is 0 Å². The summed E-state index contributed by atoms with van der Waals surface area (Å²) in [6, 6.07) is 2.02. The van der Waals surface area contributed by atoms with E-state index in [4.69, 9.17) is 0 Å². The summed E-state index contributed by atoms with van der Waals surface area (Å²) in [5, 5.41) is 3.33. The molecule has 0 amide bonds. The van der Waals surface area contributed by atoms with Gasteiger partial charge in [0.15, 0.2) is 0 Å². The fourth-order valence-electron chi connectivity index (χ4n) is 1.81. The van der Waals surface area contributed by atoms with E-state index in [1.807, 2.05) is 19.9 Å². The fraction of sp³-hybridized carbons (Fsp3) is 0.600. The van der Waals surface area contributed by atoms with Crippen LogP contribution in [0, 0.1) is 13.8 Å². The Kier molecular flexibility index (Phi) is 2.27. The Labute approximate surface area is 78.6 Å². The van der Waals surface area contributed by atoms with Crippen molar-refractivity contribution >= 4 is 0 Å². The smallest absolute Gasteiger partial charge is 0.133 e. The molecule has 0 unspecified atom stereocenters. The van der Waals surface area contributed by atoms with Gasteiger partial charge in [-0.2, -0.15) is 0 Å². The van der Waals surface area contributed by atoms with Crippen molar-refractivity contribution in [3.63, 3.8) is 0 Å². The molecule has 0 aliphatic carbocycles. The summed E-state index contributed by atoms with van der Waals surface area (Å²) in [6.45, 7) is 6.19. The number of hydrogen-bond acceptors (Lipinski definition) is 3. The van der Waals surface area contributed by atoms with Crippen molar-refractivity contribution in [2.24, 2.45) is 0 Å². The Hall–Kier alpha value is -0.960. The topological polar surface area (TPSA) is 37.8 Å². The van der Waals surface area contributed by atoms with E-state index < -0.39 is 0 Å². The zero-order valence-electron chi connectivity index (χ0n) is 8.17. The van der Waals surface area contributed by atoms with E-state index in [9.17, 15) is 0 Å². The van der Waals surface area contributed by atoms with E-state index in [2.05, 4.69) is 15.3 Å². The van der Waals surface area contributed by atoms with Gasteiger partial charge in [0.1, 0.15) is 5.82 Å². The van der Waals surface area contributed by atoms with Crippen LogP contribution in [0.25, 0.3) is 0 Å². The third-order valence-electron chi connectivity index (χ3n) is 2.43. The van der Waals surface area contributed by atoms with Crippen LogP contribution in [-0.2, 0) is 0 Å². The zero-order chi connectivity index (χ0) is 9.26. The summed E-state index contributed by atoms with van der Waals surface area (Å²) < 4.78 is 0. The molecule has 3 nitrogen and oxygen atoms in total. The minimum absolute atomic E-state index is 0.526. The molecule has 1 N–H and O–H groups in total. The summed E-state index contributed by atoms with van der Waals surface area (Å²) >= 11 is 0. The van der Waals surface area contributed by atoms with E-state index in [0.717, 1.165) is 30.3 Å². The maximum Gasteiger partial charge on any atom is 0.133 e. The van der Waals surface area contributed by atoms with Crippen LogP contribution in [0.15, 0.2) is 6.07 Å². The molecule has 70 valence electrons. The first-order valence-corrected chi connectivity index (χ1v) is 4.78. The van der Waals surface area contributed by atoms with Crippen LogP contribution in [0.4, 0.5) is 0 Å². The van der Waals surface area contributed by atoms with Crippen molar-refractivity contribution in [3.05, 3.63) is 23.3 Å². The van der Waals surface area contributed by atoms with Crippen LogP contribution in [-0.4, -0.2) is 23.1 Å². The standard InChI is InChI=1S/C10H15N3/c1-7-5-8(2)13-10(12-7)9-3-4-11-6-9/h5,9,11H,3-4,6H2,1-2H3/t9-/m0/s1. The fourth-order valence-corrected chi connectivity index (χ4v) is 1.81. The molecule has 2 rings (SSSR count). The van der Waals surface area contributed by atoms with Gasteiger partial charge in [-0.3, -0.25) is 0 Å². The molecule has 0 spiro atoms. The van der Waals surface area contributed by atoms with Gasteiger partial charge in [0.05, 0.1) is 0 Å². The van der Waals surface area contributed by atoms with Crippen molar-refractivity contribution in [2.75, 3.05) is 13.1 Å². The van der Waals surface area contributed by atoms with Gasteiger partial charge in [-0.25, -0.2) is 9.97 Å². The van der Waals surface area contributed by atoms with Gasteiger partial charge >= 0.3 is 0 Å². The maximum absolute atomic E-state index is 4.46. The number of aryl methyl sites for hydroxylation is 2. The normalized spacial score (nSPS) is 22.2. The lowest BCUT2D eigenvalue weighted by Gasteiger charge is -2.08. The molecule has 1 fully saturated rings. The van der Waals surface area contributed by atoms with Gasteiger partial charge in [-0.05, 0) is 32.9 Å². The largest absolute Gasteiger partial charge is 0.316 e. The molecule has 1 atom stereocenters. The highest BCUT2D eigenvalue weighted by molar-refractivity contribution is 5.12. The molecule has 0 radical (unpaired) electrons. The second-order valence-electron chi connectivity index (χ2n) is 3.70. The lowest BCUT2D eigenvalue weighted by Crippen LogP contribution is -2.11. The molecule has 1 aliphatic heterocycles. The molecular weight excluding hydrogens is 162 g/mol. The summed E-state index contributed by atoms with van der Waals surface area (Å²) in [5.74, 6) is 1.54. The second kappa shape index (κ2) is 3.42. The molecular formula is C10H15N3. The van der Waals surface area contributed by atoms with Crippen LogP contribution >= 0.6 is 0 Å². The first-order chi connectivity index (χ1) is 6.25. The van der Waals surface area contributed by atoms with Crippen molar-refractivity contribution in [3.8, 4) is 0 Å². The molecule has 0 bridgehead atoms. The Morgan fingerprint density at radius 2 is 2.00 bits per heavy atom. The lowest BCUT2D eigenvalue weighted by atomic mass is 10.1. The first kappa shape index (κ1) is 8.63. The van der Waals surface area contributed by atoms with Crippen LogP contribution in [0.3, 0.4) is 0 Å². The summed E-state index contributed by atoms with van der Waals surface area (Å²) in [4.78, 5) is 8.93. The summed E-state index contributed by atoms with van der Waals surface area (Å²) in [7, 11) is 0. The van der Waals surface area contributed by atoms with Crippen LogP contribution in [0.2, 0.25) is 0 Å². The minimum Gasteiger partial charge on any atom is -0.316 e. The highest BCUT2D eigenvalue weighted by atomic mass is 15.0. The molecule has 0 aromatic carbocycles. The Balaban J connectivity index is 2.28. The van der Waals surface area contributed by atoms with Crippen molar-refractivity contribution in [1.82, 2.24) is 15.3 Å². The second-order valence-corrected chi connectivity index (χ2v) is 3.70. The quantitative estimate of drug-likeness (QED) is 0.699. The van der Waals surface area contributed by atoms with E-state index in [1.54, 1.807) is 0 Å². The number of rotatable bonds is 1. The molecule has 2 heterocycles. The molecule has 1 aromatic rings. The highest BCUT2D eigenvalue weighted by Crippen LogP contribution is 2.18. The Bertz CT molecular complexity index is 283. The summed E-state index contributed by atoms with van der Waals surface area (Å²) in [6.07, 6.45) is 1.17. The first-order valence-electron chi connectivity index (χ1n) is 4.78.